The molecular weight excluding hydrogens is 192 g/mol. The minimum Gasteiger partial charge on any atom is -0.482 e. The molecule has 0 saturated carbocycles. The van der Waals surface area contributed by atoms with Gasteiger partial charge in [-0.3, -0.25) is 0 Å². The van der Waals surface area contributed by atoms with Gasteiger partial charge < -0.3 is 9.84 Å². The second-order valence-corrected chi connectivity index (χ2v) is 3.87. The van der Waals surface area contributed by atoms with E-state index in [9.17, 15) is 4.79 Å². The van der Waals surface area contributed by atoms with E-state index in [1.165, 1.54) is 16.7 Å². The Labute approximate surface area is 88.7 Å². The number of carboxylic acids is 1. The molecule has 1 aromatic rings. The van der Waals surface area contributed by atoms with Crippen molar-refractivity contribution in [3.63, 3.8) is 0 Å². The summed E-state index contributed by atoms with van der Waals surface area (Å²) in [5.74, 6) is -0.183. The minimum absolute atomic E-state index is 0.254. The summed E-state index contributed by atoms with van der Waals surface area (Å²) in [6.07, 6.45) is 3.24. The van der Waals surface area contributed by atoms with Gasteiger partial charge in [0.2, 0.25) is 0 Å². The Kier molecular flexibility index (Phi) is 2.62. The lowest BCUT2D eigenvalue weighted by Crippen LogP contribution is -2.10. The van der Waals surface area contributed by atoms with Gasteiger partial charge in [-0.15, -0.1) is 0 Å². The molecule has 0 unspecified atom stereocenters. The molecule has 1 aliphatic rings. The van der Waals surface area contributed by atoms with Crippen LogP contribution in [-0.2, 0) is 17.6 Å². The smallest absolute Gasteiger partial charge is 0.341 e. The lowest BCUT2D eigenvalue weighted by atomic mass is 10.0. The average molecular weight is 206 g/mol. The lowest BCUT2D eigenvalue weighted by Gasteiger charge is -2.10. The highest BCUT2D eigenvalue weighted by atomic mass is 16.5. The van der Waals surface area contributed by atoms with Crippen LogP contribution in [0.25, 0.3) is 0 Å². The summed E-state index contributed by atoms with van der Waals surface area (Å²) in [6.45, 7) is 1.83. The summed E-state index contributed by atoms with van der Waals surface area (Å²) < 4.78 is 5.27. The van der Waals surface area contributed by atoms with Gasteiger partial charge in [0.15, 0.2) is 6.61 Å². The highest BCUT2D eigenvalue weighted by Crippen LogP contribution is 2.32. The Morgan fingerprint density at radius 2 is 2.13 bits per heavy atom. The zero-order valence-electron chi connectivity index (χ0n) is 8.75. The molecule has 2 rings (SSSR count). The van der Waals surface area contributed by atoms with Crippen molar-refractivity contribution in [1.29, 1.82) is 0 Å². The summed E-state index contributed by atoms with van der Waals surface area (Å²) >= 11 is 0. The molecule has 1 aliphatic carbocycles. The molecule has 3 nitrogen and oxygen atoms in total. The molecule has 15 heavy (non-hydrogen) atoms. The molecule has 0 aromatic heterocycles. The van der Waals surface area contributed by atoms with Crippen LogP contribution in [0.15, 0.2) is 12.1 Å². The van der Waals surface area contributed by atoms with Gasteiger partial charge in [-0.2, -0.15) is 0 Å². The van der Waals surface area contributed by atoms with Gasteiger partial charge in [0, 0.05) is 0 Å². The van der Waals surface area contributed by atoms with Crippen LogP contribution in [0.5, 0.6) is 5.75 Å². The van der Waals surface area contributed by atoms with Crippen LogP contribution in [0, 0.1) is 6.92 Å². The number of hydrogen-bond donors (Lipinski definition) is 1. The molecule has 0 amide bonds. The zero-order chi connectivity index (χ0) is 10.8. The molecule has 0 heterocycles. The SMILES string of the molecule is Cc1ccc(OCC(=O)O)c2c1CCC2. The molecule has 0 bridgehead atoms. The number of aryl methyl sites for hydroxylation is 1. The van der Waals surface area contributed by atoms with E-state index in [-0.39, 0.29) is 6.61 Å². The van der Waals surface area contributed by atoms with Crippen molar-refractivity contribution in [2.24, 2.45) is 0 Å². The van der Waals surface area contributed by atoms with Gasteiger partial charge in [0.25, 0.3) is 0 Å². The van der Waals surface area contributed by atoms with Gasteiger partial charge in [0.05, 0.1) is 0 Å². The second-order valence-electron chi connectivity index (χ2n) is 3.87. The summed E-state index contributed by atoms with van der Waals surface area (Å²) in [7, 11) is 0. The van der Waals surface area contributed by atoms with E-state index in [0.717, 1.165) is 25.0 Å². The van der Waals surface area contributed by atoms with Crippen molar-refractivity contribution in [2.75, 3.05) is 6.61 Å². The number of ether oxygens (including phenoxy) is 1. The molecule has 0 spiro atoms. The fourth-order valence-electron chi connectivity index (χ4n) is 2.13. The van der Waals surface area contributed by atoms with Gasteiger partial charge in [-0.1, -0.05) is 6.07 Å². The van der Waals surface area contributed by atoms with E-state index in [2.05, 4.69) is 6.92 Å². The van der Waals surface area contributed by atoms with E-state index in [1.807, 2.05) is 12.1 Å². The first-order valence-corrected chi connectivity index (χ1v) is 5.14. The first-order valence-electron chi connectivity index (χ1n) is 5.14. The largest absolute Gasteiger partial charge is 0.482 e. The van der Waals surface area contributed by atoms with Crippen molar-refractivity contribution in [1.82, 2.24) is 0 Å². The average Bonchev–Trinajstić information content (AvgIpc) is 2.66. The molecule has 1 N–H and O–H groups in total. The van der Waals surface area contributed by atoms with Crippen molar-refractivity contribution in [2.45, 2.75) is 26.2 Å². The number of fused-ring (bicyclic) bond motifs is 1. The molecule has 0 saturated heterocycles. The molecule has 0 aliphatic heterocycles. The Bertz CT molecular complexity index is 396. The monoisotopic (exact) mass is 206 g/mol. The van der Waals surface area contributed by atoms with Crippen LogP contribution in [-0.4, -0.2) is 17.7 Å². The standard InChI is InChI=1S/C12H14O3/c1-8-5-6-11(15-7-12(13)14)10-4-2-3-9(8)10/h5-6H,2-4,7H2,1H3,(H,13,14). The van der Waals surface area contributed by atoms with Gasteiger partial charge in [-0.25, -0.2) is 4.79 Å². The van der Waals surface area contributed by atoms with Gasteiger partial charge in [0.1, 0.15) is 5.75 Å². The molecule has 3 heteroatoms. The number of carbonyl (C=O) groups is 1. The second kappa shape index (κ2) is 3.93. The Balaban J connectivity index is 2.25. The van der Waals surface area contributed by atoms with Gasteiger partial charge >= 0.3 is 5.97 Å². The fraction of sp³-hybridized carbons (Fsp3) is 0.417. The van der Waals surface area contributed by atoms with E-state index < -0.39 is 5.97 Å². The van der Waals surface area contributed by atoms with Crippen molar-refractivity contribution in [3.05, 3.63) is 28.8 Å². The van der Waals surface area contributed by atoms with Crippen LogP contribution in [0.1, 0.15) is 23.1 Å². The third kappa shape index (κ3) is 1.96. The Morgan fingerprint density at radius 3 is 2.87 bits per heavy atom. The third-order valence-corrected chi connectivity index (χ3v) is 2.83. The highest BCUT2D eigenvalue weighted by Gasteiger charge is 2.17. The maximum absolute atomic E-state index is 10.4. The van der Waals surface area contributed by atoms with Crippen LogP contribution in [0.3, 0.4) is 0 Å². The van der Waals surface area contributed by atoms with E-state index in [1.54, 1.807) is 0 Å². The fourth-order valence-corrected chi connectivity index (χ4v) is 2.13. The number of benzene rings is 1. The summed E-state index contributed by atoms with van der Waals surface area (Å²) in [4.78, 5) is 10.4. The maximum atomic E-state index is 10.4. The summed E-state index contributed by atoms with van der Waals surface area (Å²) in [5.41, 5.74) is 3.83. The normalized spacial score (nSPS) is 13.7. The predicted molar refractivity (Wildman–Crippen MR) is 56.3 cm³/mol. The first kappa shape index (κ1) is 10.0. The van der Waals surface area contributed by atoms with Gasteiger partial charge in [-0.05, 0) is 48.9 Å². The minimum atomic E-state index is -0.928. The van der Waals surface area contributed by atoms with Crippen molar-refractivity contribution < 1.29 is 14.6 Å². The van der Waals surface area contributed by atoms with E-state index >= 15 is 0 Å². The molecule has 0 fully saturated rings. The summed E-state index contributed by atoms with van der Waals surface area (Å²) in [5, 5.41) is 8.55. The molecule has 0 atom stereocenters. The zero-order valence-corrected chi connectivity index (χ0v) is 8.75. The van der Waals surface area contributed by atoms with E-state index in [4.69, 9.17) is 9.84 Å². The van der Waals surface area contributed by atoms with Crippen LogP contribution in [0.4, 0.5) is 0 Å². The Morgan fingerprint density at radius 1 is 1.40 bits per heavy atom. The highest BCUT2D eigenvalue weighted by molar-refractivity contribution is 5.68. The lowest BCUT2D eigenvalue weighted by molar-refractivity contribution is -0.139. The van der Waals surface area contributed by atoms with Crippen molar-refractivity contribution in [3.8, 4) is 5.75 Å². The van der Waals surface area contributed by atoms with Crippen LogP contribution >= 0.6 is 0 Å². The summed E-state index contributed by atoms with van der Waals surface area (Å²) in [6, 6.07) is 3.88. The number of carboxylic acid groups (broad SMARTS) is 1. The Hall–Kier alpha value is -1.51. The van der Waals surface area contributed by atoms with Crippen molar-refractivity contribution >= 4 is 5.97 Å². The van der Waals surface area contributed by atoms with Crippen LogP contribution in [0.2, 0.25) is 0 Å². The third-order valence-electron chi connectivity index (χ3n) is 2.83. The van der Waals surface area contributed by atoms with Crippen LogP contribution < -0.4 is 4.74 Å². The topological polar surface area (TPSA) is 46.5 Å². The maximum Gasteiger partial charge on any atom is 0.341 e. The number of hydrogen-bond acceptors (Lipinski definition) is 2. The molecule has 0 radical (unpaired) electrons. The molecular formula is C12H14O3. The first-order chi connectivity index (χ1) is 7.18. The molecule has 80 valence electrons. The number of aliphatic carboxylic acids is 1. The quantitative estimate of drug-likeness (QED) is 0.822. The van der Waals surface area contributed by atoms with E-state index in [0.29, 0.717) is 0 Å². The molecule has 1 aromatic carbocycles. The predicted octanol–water partition coefficient (Wildman–Crippen LogP) is 1.95. The number of rotatable bonds is 3.